The summed E-state index contributed by atoms with van der Waals surface area (Å²) in [6.45, 7) is 4.92. The second-order valence-electron chi connectivity index (χ2n) is 21.0. The Morgan fingerprint density at radius 2 is 0.725 bits per heavy atom. The Morgan fingerprint density at radius 1 is 0.406 bits per heavy atom. The van der Waals surface area contributed by atoms with Gasteiger partial charge in [0.2, 0.25) is 5.91 Å². The smallest absolute Gasteiger partial charge is 0.305 e. The maximum Gasteiger partial charge on any atom is 0.305 e. The highest BCUT2D eigenvalue weighted by atomic mass is 16.5. The standard InChI is InChI=1S/C63H119NO5/c1-3-5-7-9-11-13-15-17-29-33-37-41-45-49-53-57-63(68)69-58-54-50-46-42-38-34-31-28-26-24-22-20-18-19-21-23-25-27-30-32-36-40-44-48-52-56-62(67)64-60(59-65)61(66)55-51-47-43-39-35-16-14-12-10-8-6-4-2/h11,13,17,19,21,29,60-61,65-66H,3-10,12,14-16,18,20,22-28,30-59H2,1-2H3,(H,64,67)/b13-11-,21-19-,29-17-. The lowest BCUT2D eigenvalue weighted by Gasteiger charge is -2.22. The van der Waals surface area contributed by atoms with Crippen molar-refractivity contribution < 1.29 is 24.5 Å². The lowest BCUT2D eigenvalue weighted by molar-refractivity contribution is -0.143. The maximum atomic E-state index is 12.5. The lowest BCUT2D eigenvalue weighted by Crippen LogP contribution is -2.45. The summed E-state index contributed by atoms with van der Waals surface area (Å²) in [5, 5.41) is 23.2. The fourth-order valence-electron chi connectivity index (χ4n) is 9.43. The molecule has 0 aliphatic rings. The summed E-state index contributed by atoms with van der Waals surface area (Å²) in [5.41, 5.74) is 0. The minimum absolute atomic E-state index is 0.000654. The number of hydrogen-bond acceptors (Lipinski definition) is 5. The minimum Gasteiger partial charge on any atom is -0.466 e. The summed E-state index contributed by atoms with van der Waals surface area (Å²) < 4.78 is 5.48. The van der Waals surface area contributed by atoms with Crippen LogP contribution in [0.4, 0.5) is 0 Å². The first kappa shape index (κ1) is 67.1. The molecule has 2 atom stereocenters. The van der Waals surface area contributed by atoms with Crippen LogP contribution in [0, 0.1) is 0 Å². The quantitative estimate of drug-likeness (QED) is 0.0321. The third-order valence-corrected chi connectivity index (χ3v) is 14.2. The first-order chi connectivity index (χ1) is 34.0. The highest BCUT2D eigenvalue weighted by Gasteiger charge is 2.20. The second-order valence-corrected chi connectivity index (χ2v) is 21.0. The molecule has 6 nitrogen and oxygen atoms in total. The van der Waals surface area contributed by atoms with Gasteiger partial charge in [-0.15, -0.1) is 0 Å². The molecule has 0 aliphatic carbocycles. The normalized spacial score (nSPS) is 12.8. The van der Waals surface area contributed by atoms with E-state index in [0.29, 0.717) is 25.9 Å². The number of hydrogen-bond donors (Lipinski definition) is 3. The SMILES string of the molecule is CCCCC/C=C\C/C=C\CCCCCCCC(=O)OCCCCCCCCCCCCCC/C=C\CCCCCCCCCCCC(=O)NC(CO)C(O)CCCCCCCCCCCCCC. The highest BCUT2D eigenvalue weighted by molar-refractivity contribution is 5.76. The van der Waals surface area contributed by atoms with Crippen LogP contribution < -0.4 is 5.32 Å². The van der Waals surface area contributed by atoms with Gasteiger partial charge in [-0.25, -0.2) is 0 Å². The number of ether oxygens (including phenoxy) is 1. The number of allylic oxidation sites excluding steroid dienone is 6. The van der Waals surface area contributed by atoms with Crippen LogP contribution in [0.15, 0.2) is 36.5 Å². The third-order valence-electron chi connectivity index (χ3n) is 14.2. The molecule has 6 heteroatoms. The zero-order valence-electron chi connectivity index (χ0n) is 46.3. The summed E-state index contributed by atoms with van der Waals surface area (Å²) in [6, 6.07) is -0.543. The number of aliphatic hydroxyl groups excluding tert-OH is 2. The molecule has 0 aromatic rings. The van der Waals surface area contributed by atoms with Gasteiger partial charge in [0.1, 0.15) is 0 Å². The number of carbonyl (C=O) groups is 2. The van der Waals surface area contributed by atoms with E-state index in [1.165, 1.54) is 244 Å². The molecule has 0 saturated carbocycles. The molecule has 0 aromatic heterocycles. The van der Waals surface area contributed by atoms with Gasteiger partial charge in [0.15, 0.2) is 0 Å². The zero-order valence-corrected chi connectivity index (χ0v) is 46.3. The molecule has 0 fully saturated rings. The van der Waals surface area contributed by atoms with Gasteiger partial charge in [0, 0.05) is 12.8 Å². The van der Waals surface area contributed by atoms with E-state index in [1.807, 2.05) is 0 Å². The molecule has 0 heterocycles. The molecule has 406 valence electrons. The van der Waals surface area contributed by atoms with Crippen molar-refractivity contribution in [3.05, 3.63) is 36.5 Å². The van der Waals surface area contributed by atoms with Crippen molar-refractivity contribution in [1.29, 1.82) is 0 Å². The van der Waals surface area contributed by atoms with Crippen LogP contribution in [0.25, 0.3) is 0 Å². The predicted octanol–water partition coefficient (Wildman–Crippen LogP) is 19.2. The van der Waals surface area contributed by atoms with E-state index in [-0.39, 0.29) is 18.5 Å². The molecular weight excluding hydrogens is 851 g/mol. The van der Waals surface area contributed by atoms with Gasteiger partial charge in [0.25, 0.3) is 0 Å². The molecule has 0 bridgehead atoms. The number of amides is 1. The summed E-state index contributed by atoms with van der Waals surface area (Å²) in [5.74, 6) is -0.0388. The first-order valence-corrected chi connectivity index (χ1v) is 30.7. The molecule has 0 aliphatic heterocycles. The third kappa shape index (κ3) is 55.2. The molecule has 1 amide bonds. The van der Waals surface area contributed by atoms with Crippen molar-refractivity contribution >= 4 is 11.9 Å². The van der Waals surface area contributed by atoms with E-state index >= 15 is 0 Å². The molecule has 0 spiro atoms. The van der Waals surface area contributed by atoms with Crippen LogP contribution in [0.1, 0.15) is 328 Å². The number of aliphatic hydroxyl groups is 2. The van der Waals surface area contributed by atoms with Crippen LogP contribution in [0.5, 0.6) is 0 Å². The van der Waals surface area contributed by atoms with Crippen molar-refractivity contribution in [1.82, 2.24) is 5.32 Å². The largest absolute Gasteiger partial charge is 0.466 e. The average Bonchev–Trinajstić information content (AvgIpc) is 3.35. The summed E-state index contributed by atoms with van der Waals surface area (Å²) >= 11 is 0. The Balaban J connectivity index is 3.39. The lowest BCUT2D eigenvalue weighted by atomic mass is 10.0. The van der Waals surface area contributed by atoms with Gasteiger partial charge in [-0.1, -0.05) is 269 Å². The van der Waals surface area contributed by atoms with E-state index in [2.05, 4.69) is 55.6 Å². The van der Waals surface area contributed by atoms with Crippen LogP contribution >= 0.6 is 0 Å². The average molecular weight is 971 g/mol. The van der Waals surface area contributed by atoms with Gasteiger partial charge in [0.05, 0.1) is 25.4 Å². The molecule has 2 unspecified atom stereocenters. The van der Waals surface area contributed by atoms with E-state index in [1.54, 1.807) is 0 Å². The molecule has 69 heavy (non-hydrogen) atoms. The second kappa shape index (κ2) is 58.6. The number of unbranched alkanes of at least 4 members (excludes halogenated alkanes) is 40. The Morgan fingerprint density at radius 3 is 1.14 bits per heavy atom. The fourth-order valence-corrected chi connectivity index (χ4v) is 9.43. The van der Waals surface area contributed by atoms with Crippen molar-refractivity contribution in [2.24, 2.45) is 0 Å². The monoisotopic (exact) mass is 970 g/mol. The van der Waals surface area contributed by atoms with Gasteiger partial charge < -0.3 is 20.3 Å². The summed E-state index contributed by atoms with van der Waals surface area (Å²) in [6.07, 6.45) is 73.0. The molecule has 0 rings (SSSR count). The maximum absolute atomic E-state index is 12.5. The van der Waals surface area contributed by atoms with Crippen molar-refractivity contribution in [3.63, 3.8) is 0 Å². The number of rotatable bonds is 57. The molecule has 3 N–H and O–H groups in total. The summed E-state index contributed by atoms with van der Waals surface area (Å²) in [7, 11) is 0. The minimum atomic E-state index is -0.665. The van der Waals surface area contributed by atoms with E-state index in [4.69, 9.17) is 4.74 Å². The van der Waals surface area contributed by atoms with E-state index in [9.17, 15) is 19.8 Å². The van der Waals surface area contributed by atoms with Gasteiger partial charge in [-0.2, -0.15) is 0 Å². The molecule has 0 saturated heterocycles. The van der Waals surface area contributed by atoms with Crippen molar-refractivity contribution in [2.75, 3.05) is 13.2 Å². The Bertz CT molecular complexity index is 1120. The Hall–Kier alpha value is -1.92. The summed E-state index contributed by atoms with van der Waals surface area (Å²) in [4.78, 5) is 24.5. The molecular formula is C63H119NO5. The van der Waals surface area contributed by atoms with Gasteiger partial charge >= 0.3 is 5.97 Å². The first-order valence-electron chi connectivity index (χ1n) is 30.7. The highest BCUT2D eigenvalue weighted by Crippen LogP contribution is 2.17. The zero-order chi connectivity index (χ0) is 50.0. The molecule has 0 radical (unpaired) electrons. The Kier molecular flexibility index (Phi) is 57.0. The van der Waals surface area contributed by atoms with E-state index < -0.39 is 12.1 Å². The predicted molar refractivity (Wildman–Crippen MR) is 301 cm³/mol. The van der Waals surface area contributed by atoms with Crippen LogP contribution in [0.3, 0.4) is 0 Å². The van der Waals surface area contributed by atoms with Crippen molar-refractivity contribution in [3.8, 4) is 0 Å². The topological polar surface area (TPSA) is 95.9 Å². The van der Waals surface area contributed by atoms with E-state index in [0.717, 1.165) is 51.4 Å². The number of nitrogens with one attached hydrogen (secondary N) is 1. The number of esters is 1. The fraction of sp³-hybridized carbons (Fsp3) is 0.873. The van der Waals surface area contributed by atoms with Crippen molar-refractivity contribution in [2.45, 2.75) is 341 Å². The Labute approximate surface area is 430 Å². The van der Waals surface area contributed by atoms with Crippen LogP contribution in [-0.2, 0) is 14.3 Å². The van der Waals surface area contributed by atoms with Gasteiger partial charge in [-0.3, -0.25) is 9.59 Å². The van der Waals surface area contributed by atoms with Crippen LogP contribution in [-0.4, -0.2) is 47.4 Å². The molecule has 0 aromatic carbocycles. The van der Waals surface area contributed by atoms with Gasteiger partial charge in [-0.05, 0) is 83.5 Å². The van der Waals surface area contributed by atoms with Crippen LogP contribution in [0.2, 0.25) is 0 Å². The number of carbonyl (C=O) groups excluding carboxylic acids is 2.